The number of benzene rings is 1. The van der Waals surface area contributed by atoms with Crippen molar-refractivity contribution in [1.82, 2.24) is 19.5 Å². The van der Waals surface area contributed by atoms with Crippen molar-refractivity contribution in [3.05, 3.63) is 93.4 Å². The first-order valence-electron chi connectivity index (χ1n) is 11.9. The molecule has 3 heterocycles. The molecule has 0 aliphatic carbocycles. The van der Waals surface area contributed by atoms with E-state index in [2.05, 4.69) is 30.7 Å². The van der Waals surface area contributed by atoms with E-state index in [1.807, 2.05) is 62.5 Å². The zero-order chi connectivity index (χ0) is 26.0. The molecule has 0 N–H and O–H groups in total. The summed E-state index contributed by atoms with van der Waals surface area (Å²) >= 11 is 0. The summed E-state index contributed by atoms with van der Waals surface area (Å²) in [6, 6.07) is 13.3. The third-order valence-electron chi connectivity index (χ3n) is 6.00. The Labute approximate surface area is 211 Å². The third kappa shape index (κ3) is 5.15. The van der Waals surface area contributed by atoms with Gasteiger partial charge < -0.3 is 9.47 Å². The molecule has 4 aromatic rings. The Balaban J connectivity index is 1.69. The van der Waals surface area contributed by atoms with E-state index >= 15 is 0 Å². The number of pyridine rings is 2. The third-order valence-corrected chi connectivity index (χ3v) is 6.00. The second-order valence-corrected chi connectivity index (χ2v) is 9.93. The van der Waals surface area contributed by atoms with Gasteiger partial charge in [0.05, 0.1) is 29.7 Å². The predicted octanol–water partition coefficient (Wildman–Crippen LogP) is 5.50. The molecule has 0 amide bonds. The molecule has 0 saturated heterocycles. The molecule has 0 saturated carbocycles. The fraction of sp³-hybridized carbons (Fsp3) is 0.310. The highest BCUT2D eigenvalue weighted by molar-refractivity contribution is 5.61. The fourth-order valence-electron chi connectivity index (χ4n) is 3.94. The van der Waals surface area contributed by atoms with Crippen LogP contribution >= 0.6 is 0 Å². The maximum absolute atomic E-state index is 13.4. The van der Waals surface area contributed by atoms with Crippen LogP contribution in [0.4, 0.5) is 0 Å². The number of rotatable bonds is 6. The van der Waals surface area contributed by atoms with Crippen LogP contribution in [0.2, 0.25) is 0 Å². The van der Waals surface area contributed by atoms with Crippen molar-refractivity contribution >= 4 is 0 Å². The largest absolute Gasteiger partial charge is 0.497 e. The van der Waals surface area contributed by atoms with E-state index in [-0.39, 0.29) is 11.0 Å². The van der Waals surface area contributed by atoms with Crippen molar-refractivity contribution in [1.29, 1.82) is 0 Å². The number of aryl methyl sites for hydroxylation is 2. The molecule has 0 aliphatic rings. The minimum absolute atomic E-state index is 0.136. The Morgan fingerprint density at radius 3 is 2.50 bits per heavy atom. The molecule has 0 spiro atoms. The second kappa shape index (κ2) is 9.93. The van der Waals surface area contributed by atoms with E-state index in [0.717, 1.165) is 39.8 Å². The molecule has 0 unspecified atom stereocenters. The van der Waals surface area contributed by atoms with Gasteiger partial charge in [-0.05, 0) is 56.2 Å². The molecule has 1 aromatic carbocycles. The SMILES string of the molecule is COc1cccc(COc2cc(C)n(-c3ccnc(-c4nc(C(C)(C)C)ncc4C)c3)c(=O)c2C)c1. The van der Waals surface area contributed by atoms with Crippen LogP contribution < -0.4 is 15.0 Å². The number of nitrogens with zero attached hydrogens (tertiary/aromatic N) is 4. The summed E-state index contributed by atoms with van der Waals surface area (Å²) in [7, 11) is 1.63. The zero-order valence-electron chi connectivity index (χ0n) is 21.9. The van der Waals surface area contributed by atoms with Crippen molar-refractivity contribution in [3.8, 4) is 28.6 Å². The maximum atomic E-state index is 13.4. The Morgan fingerprint density at radius 1 is 1.00 bits per heavy atom. The summed E-state index contributed by atoms with van der Waals surface area (Å²) in [5.41, 5.74) is 5.04. The fourth-order valence-corrected chi connectivity index (χ4v) is 3.94. The van der Waals surface area contributed by atoms with Crippen molar-refractivity contribution in [2.45, 2.75) is 53.6 Å². The molecule has 7 nitrogen and oxygen atoms in total. The second-order valence-electron chi connectivity index (χ2n) is 9.93. The van der Waals surface area contributed by atoms with Crippen molar-refractivity contribution in [2.24, 2.45) is 0 Å². The molecular weight excluding hydrogens is 452 g/mol. The highest BCUT2D eigenvalue weighted by Gasteiger charge is 2.20. The van der Waals surface area contributed by atoms with Crippen molar-refractivity contribution < 1.29 is 9.47 Å². The van der Waals surface area contributed by atoms with E-state index in [9.17, 15) is 4.79 Å². The average Bonchev–Trinajstić information content (AvgIpc) is 2.85. The van der Waals surface area contributed by atoms with Gasteiger partial charge in [0.25, 0.3) is 5.56 Å². The summed E-state index contributed by atoms with van der Waals surface area (Å²) in [4.78, 5) is 27.3. The van der Waals surface area contributed by atoms with Crippen LogP contribution in [0.15, 0.2) is 59.7 Å². The minimum Gasteiger partial charge on any atom is -0.497 e. The van der Waals surface area contributed by atoms with Gasteiger partial charge in [-0.25, -0.2) is 9.97 Å². The van der Waals surface area contributed by atoms with Crippen LogP contribution in [0.1, 0.15) is 49.0 Å². The van der Waals surface area contributed by atoms with Crippen LogP contribution in [0, 0.1) is 20.8 Å². The maximum Gasteiger partial charge on any atom is 0.261 e. The number of hydrogen-bond acceptors (Lipinski definition) is 6. The lowest BCUT2D eigenvalue weighted by atomic mass is 9.95. The summed E-state index contributed by atoms with van der Waals surface area (Å²) < 4.78 is 13.0. The van der Waals surface area contributed by atoms with Crippen molar-refractivity contribution in [3.63, 3.8) is 0 Å². The molecule has 0 bridgehead atoms. The molecule has 0 radical (unpaired) electrons. The van der Waals surface area contributed by atoms with Gasteiger partial charge >= 0.3 is 0 Å². The van der Waals surface area contributed by atoms with Gasteiger partial charge in [-0.1, -0.05) is 32.9 Å². The lowest BCUT2D eigenvalue weighted by Gasteiger charge is -2.18. The van der Waals surface area contributed by atoms with Crippen LogP contribution in [-0.4, -0.2) is 26.6 Å². The van der Waals surface area contributed by atoms with E-state index in [0.29, 0.717) is 23.6 Å². The summed E-state index contributed by atoms with van der Waals surface area (Å²) in [5, 5.41) is 0. The lowest BCUT2D eigenvalue weighted by Crippen LogP contribution is -2.23. The van der Waals surface area contributed by atoms with Crippen LogP contribution in [0.5, 0.6) is 11.5 Å². The Kier molecular flexibility index (Phi) is 6.93. The molecule has 3 aromatic heterocycles. The minimum atomic E-state index is -0.189. The topological polar surface area (TPSA) is 79.1 Å². The molecule has 0 aliphatic heterocycles. The van der Waals surface area contributed by atoms with Crippen LogP contribution in [-0.2, 0) is 12.0 Å². The Morgan fingerprint density at radius 2 is 1.78 bits per heavy atom. The first-order chi connectivity index (χ1) is 17.1. The van der Waals surface area contributed by atoms with Crippen molar-refractivity contribution in [2.75, 3.05) is 7.11 Å². The standard InChI is InChI=1S/C29H32N4O3/c1-18-16-31-28(29(4,5)6)32-26(18)24-15-22(11-12-30-24)33-19(2)13-25(20(3)27(33)34)36-17-21-9-8-10-23(14-21)35-7/h8-16H,17H2,1-7H3. The monoisotopic (exact) mass is 484 g/mol. The number of methoxy groups -OCH3 is 1. The molecule has 0 fully saturated rings. The number of ether oxygens (including phenoxy) is 2. The molecule has 0 atom stereocenters. The summed E-state index contributed by atoms with van der Waals surface area (Å²) in [6.07, 6.45) is 3.53. The van der Waals surface area contributed by atoms with E-state index in [1.165, 1.54) is 0 Å². The van der Waals surface area contributed by atoms with E-state index in [1.54, 1.807) is 24.8 Å². The molecular formula is C29H32N4O3. The molecule has 7 heteroatoms. The van der Waals surface area contributed by atoms with Gasteiger partial charge in [0, 0.05) is 29.6 Å². The van der Waals surface area contributed by atoms with Gasteiger partial charge in [0.1, 0.15) is 23.9 Å². The van der Waals surface area contributed by atoms with E-state index in [4.69, 9.17) is 14.5 Å². The van der Waals surface area contributed by atoms with Gasteiger partial charge in [-0.15, -0.1) is 0 Å². The Hall–Kier alpha value is -4.00. The number of hydrogen-bond donors (Lipinski definition) is 0. The normalized spacial score (nSPS) is 11.4. The average molecular weight is 485 g/mol. The lowest BCUT2D eigenvalue weighted by molar-refractivity contribution is 0.301. The number of aromatic nitrogens is 4. The molecule has 4 rings (SSSR count). The highest BCUT2D eigenvalue weighted by Crippen LogP contribution is 2.26. The smallest absolute Gasteiger partial charge is 0.261 e. The Bertz CT molecular complexity index is 1470. The highest BCUT2D eigenvalue weighted by atomic mass is 16.5. The first kappa shape index (κ1) is 25.1. The molecule has 186 valence electrons. The van der Waals surface area contributed by atoms with Crippen LogP contribution in [0.25, 0.3) is 17.1 Å². The van der Waals surface area contributed by atoms with Gasteiger partial charge in [-0.3, -0.25) is 14.3 Å². The van der Waals surface area contributed by atoms with Gasteiger partial charge in [-0.2, -0.15) is 0 Å². The zero-order valence-corrected chi connectivity index (χ0v) is 21.9. The predicted molar refractivity (Wildman–Crippen MR) is 141 cm³/mol. The summed E-state index contributed by atoms with van der Waals surface area (Å²) in [6.45, 7) is 12.2. The summed E-state index contributed by atoms with van der Waals surface area (Å²) in [5.74, 6) is 2.07. The van der Waals surface area contributed by atoms with Crippen LogP contribution in [0.3, 0.4) is 0 Å². The van der Waals surface area contributed by atoms with Gasteiger partial charge in [0.2, 0.25) is 0 Å². The van der Waals surface area contributed by atoms with Gasteiger partial charge in [0.15, 0.2) is 0 Å². The molecule has 36 heavy (non-hydrogen) atoms. The van der Waals surface area contributed by atoms with E-state index < -0.39 is 0 Å². The first-order valence-corrected chi connectivity index (χ1v) is 11.9. The quantitative estimate of drug-likeness (QED) is 0.360.